The summed E-state index contributed by atoms with van der Waals surface area (Å²) in [5.41, 5.74) is 3.07. The second kappa shape index (κ2) is 3.07. The Bertz CT molecular complexity index is 428. The van der Waals surface area contributed by atoms with Gasteiger partial charge in [0.05, 0.1) is 0 Å². The van der Waals surface area contributed by atoms with E-state index >= 15 is 0 Å². The molecule has 3 heteroatoms. The van der Waals surface area contributed by atoms with E-state index in [0.29, 0.717) is 0 Å². The van der Waals surface area contributed by atoms with E-state index in [1.165, 1.54) is 5.56 Å². The normalized spacial score (nSPS) is 28.2. The van der Waals surface area contributed by atoms with Crippen molar-refractivity contribution in [3.8, 4) is 0 Å². The molecule has 1 aromatic rings. The molecule has 78 valence electrons. The molecule has 0 saturated heterocycles. The van der Waals surface area contributed by atoms with Crippen LogP contribution in [0.4, 0.5) is 0 Å². The minimum Gasteiger partial charge on any atom is -0.373 e. The Morgan fingerprint density at radius 1 is 1.40 bits per heavy atom. The maximum Gasteiger partial charge on any atom is 0.253 e. The largest absolute Gasteiger partial charge is 0.373 e. The molecule has 3 nitrogen and oxygen atoms in total. The minimum atomic E-state index is -0.702. The van der Waals surface area contributed by atoms with Crippen LogP contribution in [0.15, 0.2) is 18.2 Å². The van der Waals surface area contributed by atoms with Crippen LogP contribution >= 0.6 is 0 Å². The molecule has 0 spiro atoms. The third-order valence-electron chi connectivity index (χ3n) is 3.43. The predicted octanol–water partition coefficient (Wildman–Crippen LogP) is 1.17. The molecule has 1 aliphatic heterocycles. The third kappa shape index (κ3) is 1.20. The number of aliphatic hydroxyl groups is 1. The summed E-state index contributed by atoms with van der Waals surface area (Å²) in [4.78, 5) is 11.7. The number of benzene rings is 1. The van der Waals surface area contributed by atoms with E-state index in [1.807, 2.05) is 12.1 Å². The Labute approximate surface area is 88.1 Å². The standard InChI is InChI=1S/C12H13NO2/c14-11-8-5-1-3-7-4-2-6-9(10(7)8)12(15)13-11/h1,3,5,9,12,15H,2,4,6H2,(H,13,14). The van der Waals surface area contributed by atoms with E-state index in [9.17, 15) is 9.90 Å². The zero-order valence-corrected chi connectivity index (χ0v) is 8.36. The summed E-state index contributed by atoms with van der Waals surface area (Å²) < 4.78 is 0. The molecule has 0 aromatic heterocycles. The van der Waals surface area contributed by atoms with Crippen molar-refractivity contribution in [3.63, 3.8) is 0 Å². The zero-order chi connectivity index (χ0) is 10.4. The quantitative estimate of drug-likeness (QED) is 0.665. The van der Waals surface area contributed by atoms with Crippen LogP contribution in [0.2, 0.25) is 0 Å². The lowest BCUT2D eigenvalue weighted by Crippen LogP contribution is -2.45. The molecule has 2 unspecified atom stereocenters. The van der Waals surface area contributed by atoms with Crippen molar-refractivity contribution in [3.05, 3.63) is 34.9 Å². The van der Waals surface area contributed by atoms with Gasteiger partial charge in [0.15, 0.2) is 0 Å². The van der Waals surface area contributed by atoms with E-state index in [0.717, 1.165) is 30.4 Å². The summed E-state index contributed by atoms with van der Waals surface area (Å²) in [6.45, 7) is 0. The number of nitrogens with one attached hydrogen (secondary N) is 1. The van der Waals surface area contributed by atoms with Crippen molar-refractivity contribution in [2.24, 2.45) is 0 Å². The molecular formula is C12H13NO2. The first-order valence-corrected chi connectivity index (χ1v) is 5.38. The van der Waals surface area contributed by atoms with Gasteiger partial charge in [-0.2, -0.15) is 0 Å². The fraction of sp³-hybridized carbons (Fsp3) is 0.417. The molecule has 1 heterocycles. The van der Waals surface area contributed by atoms with E-state index in [-0.39, 0.29) is 11.8 Å². The molecule has 0 saturated carbocycles. The van der Waals surface area contributed by atoms with Gasteiger partial charge in [-0.3, -0.25) is 4.79 Å². The molecule has 2 N–H and O–H groups in total. The Morgan fingerprint density at radius 3 is 3.13 bits per heavy atom. The van der Waals surface area contributed by atoms with Crippen molar-refractivity contribution >= 4 is 5.91 Å². The van der Waals surface area contributed by atoms with Crippen LogP contribution in [0, 0.1) is 0 Å². The highest BCUT2D eigenvalue weighted by atomic mass is 16.3. The number of aryl methyl sites for hydroxylation is 1. The van der Waals surface area contributed by atoms with E-state index in [4.69, 9.17) is 0 Å². The summed E-state index contributed by atoms with van der Waals surface area (Å²) in [7, 11) is 0. The van der Waals surface area contributed by atoms with Gasteiger partial charge in [0.2, 0.25) is 0 Å². The SMILES string of the molecule is O=C1NC(O)C2CCCc3cccc1c32. The molecule has 1 amide bonds. The summed E-state index contributed by atoms with van der Waals surface area (Å²) in [5, 5.41) is 12.4. The van der Waals surface area contributed by atoms with Crippen LogP contribution in [0.25, 0.3) is 0 Å². The molecule has 1 aromatic carbocycles. The number of hydrogen-bond donors (Lipinski definition) is 2. The van der Waals surface area contributed by atoms with Crippen molar-refractivity contribution in [1.82, 2.24) is 5.32 Å². The molecule has 3 rings (SSSR count). The number of aliphatic hydroxyl groups excluding tert-OH is 1. The van der Waals surface area contributed by atoms with Gasteiger partial charge in [0.25, 0.3) is 5.91 Å². The van der Waals surface area contributed by atoms with Crippen molar-refractivity contribution < 1.29 is 9.90 Å². The highest BCUT2D eigenvalue weighted by molar-refractivity contribution is 5.97. The van der Waals surface area contributed by atoms with Crippen molar-refractivity contribution in [2.75, 3.05) is 0 Å². The summed E-state index contributed by atoms with van der Waals surface area (Å²) >= 11 is 0. The smallest absolute Gasteiger partial charge is 0.253 e. The van der Waals surface area contributed by atoms with Crippen LogP contribution in [-0.2, 0) is 6.42 Å². The van der Waals surface area contributed by atoms with Gasteiger partial charge >= 0.3 is 0 Å². The second-order valence-electron chi connectivity index (χ2n) is 4.30. The van der Waals surface area contributed by atoms with Crippen molar-refractivity contribution in [1.29, 1.82) is 0 Å². The average Bonchev–Trinajstić information content (AvgIpc) is 2.25. The zero-order valence-electron chi connectivity index (χ0n) is 8.36. The predicted molar refractivity (Wildman–Crippen MR) is 55.6 cm³/mol. The molecule has 0 radical (unpaired) electrons. The Balaban J connectivity index is 2.23. The number of hydrogen-bond acceptors (Lipinski definition) is 2. The van der Waals surface area contributed by atoms with Gasteiger partial charge in [-0.15, -0.1) is 0 Å². The highest BCUT2D eigenvalue weighted by Crippen LogP contribution is 2.38. The van der Waals surface area contributed by atoms with E-state index in [2.05, 4.69) is 11.4 Å². The fourth-order valence-electron chi connectivity index (χ4n) is 2.75. The number of amides is 1. The van der Waals surface area contributed by atoms with Crippen LogP contribution < -0.4 is 5.32 Å². The number of carbonyl (C=O) groups excluding carboxylic acids is 1. The number of carbonyl (C=O) groups is 1. The van der Waals surface area contributed by atoms with E-state index in [1.54, 1.807) is 0 Å². The molecule has 2 aliphatic rings. The van der Waals surface area contributed by atoms with Crippen LogP contribution in [0.3, 0.4) is 0 Å². The number of rotatable bonds is 0. The maximum atomic E-state index is 11.7. The molecule has 1 aliphatic carbocycles. The van der Waals surface area contributed by atoms with Gasteiger partial charge < -0.3 is 10.4 Å². The highest BCUT2D eigenvalue weighted by Gasteiger charge is 2.35. The molecule has 15 heavy (non-hydrogen) atoms. The second-order valence-corrected chi connectivity index (χ2v) is 4.30. The maximum absolute atomic E-state index is 11.7. The topological polar surface area (TPSA) is 49.3 Å². The van der Waals surface area contributed by atoms with Crippen molar-refractivity contribution in [2.45, 2.75) is 31.4 Å². The molecular weight excluding hydrogens is 190 g/mol. The third-order valence-corrected chi connectivity index (χ3v) is 3.43. The van der Waals surface area contributed by atoms with Gasteiger partial charge in [-0.05, 0) is 36.5 Å². The van der Waals surface area contributed by atoms with Gasteiger partial charge in [-0.25, -0.2) is 0 Å². The van der Waals surface area contributed by atoms with Crippen LogP contribution in [-0.4, -0.2) is 17.2 Å². The molecule has 0 bridgehead atoms. The fourth-order valence-corrected chi connectivity index (χ4v) is 2.75. The summed E-state index contributed by atoms with van der Waals surface area (Å²) in [6.07, 6.45) is 2.38. The molecule has 0 fully saturated rings. The summed E-state index contributed by atoms with van der Waals surface area (Å²) in [6, 6.07) is 5.84. The Hall–Kier alpha value is -1.35. The average molecular weight is 203 g/mol. The first-order valence-electron chi connectivity index (χ1n) is 5.38. The first kappa shape index (κ1) is 8.92. The van der Waals surface area contributed by atoms with Crippen LogP contribution in [0.1, 0.15) is 40.2 Å². The van der Waals surface area contributed by atoms with Crippen LogP contribution in [0.5, 0.6) is 0 Å². The first-order chi connectivity index (χ1) is 7.27. The lowest BCUT2D eigenvalue weighted by atomic mass is 9.77. The monoisotopic (exact) mass is 203 g/mol. The van der Waals surface area contributed by atoms with Gasteiger partial charge in [-0.1, -0.05) is 12.1 Å². The van der Waals surface area contributed by atoms with E-state index < -0.39 is 6.23 Å². The Kier molecular flexibility index (Phi) is 1.83. The van der Waals surface area contributed by atoms with Gasteiger partial charge in [0.1, 0.15) is 6.23 Å². The summed E-state index contributed by atoms with van der Waals surface area (Å²) in [5.74, 6) is -0.0415. The lowest BCUT2D eigenvalue weighted by Gasteiger charge is -2.35. The minimum absolute atomic E-state index is 0.0997. The molecule has 2 atom stereocenters. The lowest BCUT2D eigenvalue weighted by molar-refractivity contribution is 0.0629. The Morgan fingerprint density at radius 2 is 2.27 bits per heavy atom. The van der Waals surface area contributed by atoms with Gasteiger partial charge in [0, 0.05) is 11.5 Å².